The lowest BCUT2D eigenvalue weighted by Gasteiger charge is -2.04. The van der Waals surface area contributed by atoms with Gasteiger partial charge in [0.05, 0.1) is 17.7 Å². The van der Waals surface area contributed by atoms with Crippen molar-refractivity contribution in [2.45, 2.75) is 33.1 Å². The summed E-state index contributed by atoms with van der Waals surface area (Å²) in [5.41, 5.74) is 4.57. The molecule has 2 rings (SSSR count). The van der Waals surface area contributed by atoms with Crippen molar-refractivity contribution in [1.29, 1.82) is 5.26 Å². The molecule has 92 valence electrons. The lowest BCUT2D eigenvalue weighted by molar-refractivity contribution is 0.795. The summed E-state index contributed by atoms with van der Waals surface area (Å²) in [7, 11) is 0. The Hall–Kier alpha value is -1.66. The molecule has 18 heavy (non-hydrogen) atoms. The quantitative estimate of drug-likeness (QED) is 0.813. The number of nitrogens with zero attached hydrogens (tertiary/aromatic N) is 2. The van der Waals surface area contributed by atoms with Crippen LogP contribution >= 0.6 is 11.3 Å². The molecule has 0 spiro atoms. The third-order valence-electron chi connectivity index (χ3n) is 3.06. The summed E-state index contributed by atoms with van der Waals surface area (Å²) in [5, 5.41) is 12.1. The summed E-state index contributed by atoms with van der Waals surface area (Å²) < 4.78 is 0. The Balaban J connectivity index is 2.38. The van der Waals surface area contributed by atoms with Gasteiger partial charge in [-0.1, -0.05) is 30.7 Å². The Kier molecular flexibility index (Phi) is 3.78. The molecule has 0 aliphatic carbocycles. The summed E-state index contributed by atoms with van der Waals surface area (Å²) in [5.74, 6) is -0.0826. The van der Waals surface area contributed by atoms with E-state index in [4.69, 9.17) is 5.26 Å². The Labute approximate surface area is 112 Å². The van der Waals surface area contributed by atoms with Crippen LogP contribution in [-0.4, -0.2) is 4.98 Å². The maximum absolute atomic E-state index is 9.06. The molecule has 3 heteroatoms. The van der Waals surface area contributed by atoms with E-state index in [1.54, 1.807) is 11.3 Å². The summed E-state index contributed by atoms with van der Waals surface area (Å²) in [6.07, 6.45) is 0.812. The van der Waals surface area contributed by atoms with E-state index < -0.39 is 0 Å². The molecule has 0 aliphatic heterocycles. The smallest absolute Gasteiger partial charge is 0.123 e. The van der Waals surface area contributed by atoms with Crippen LogP contribution in [0, 0.1) is 25.2 Å². The van der Waals surface area contributed by atoms with Gasteiger partial charge in [-0.15, -0.1) is 11.3 Å². The lowest BCUT2D eigenvalue weighted by atomic mass is 10.0. The van der Waals surface area contributed by atoms with Crippen molar-refractivity contribution in [3.8, 4) is 16.6 Å². The van der Waals surface area contributed by atoms with Crippen molar-refractivity contribution < 1.29 is 0 Å². The van der Waals surface area contributed by atoms with Crippen LogP contribution in [0.1, 0.15) is 36.1 Å². The van der Waals surface area contributed by atoms with Gasteiger partial charge in [0.2, 0.25) is 0 Å². The Bertz CT molecular complexity index is 593. The van der Waals surface area contributed by atoms with E-state index in [0.29, 0.717) is 0 Å². The maximum atomic E-state index is 9.06. The average Bonchev–Trinajstić information content (AvgIpc) is 2.80. The van der Waals surface area contributed by atoms with E-state index in [2.05, 4.69) is 43.1 Å². The fraction of sp³-hybridized carbons (Fsp3) is 0.333. The van der Waals surface area contributed by atoms with Gasteiger partial charge in [0.25, 0.3) is 0 Å². The highest BCUT2D eigenvalue weighted by molar-refractivity contribution is 7.13. The highest BCUT2D eigenvalue weighted by atomic mass is 32.1. The number of thiazole rings is 1. The number of hydrogen-bond acceptors (Lipinski definition) is 3. The molecule has 0 amide bonds. The van der Waals surface area contributed by atoms with Gasteiger partial charge in [-0.25, -0.2) is 4.98 Å². The zero-order chi connectivity index (χ0) is 13.1. The zero-order valence-corrected chi connectivity index (χ0v) is 11.7. The Morgan fingerprint density at radius 2 is 2.17 bits per heavy atom. The molecule has 0 bridgehead atoms. The molecule has 1 atom stereocenters. The standard InChI is InChI=1S/C15H16N2S/c1-4-12(8-16)14-9-18-15(17-14)13-6-5-10(2)7-11(13)3/h5-7,9,12H,4H2,1-3H3. The van der Waals surface area contributed by atoms with Crippen molar-refractivity contribution in [3.63, 3.8) is 0 Å². The molecule has 2 nitrogen and oxygen atoms in total. The number of rotatable bonds is 3. The van der Waals surface area contributed by atoms with E-state index in [-0.39, 0.29) is 5.92 Å². The predicted octanol–water partition coefficient (Wildman–Crippen LogP) is 4.44. The minimum atomic E-state index is -0.0826. The van der Waals surface area contributed by atoms with Crippen molar-refractivity contribution >= 4 is 11.3 Å². The van der Waals surface area contributed by atoms with Gasteiger partial charge in [-0.3, -0.25) is 0 Å². The molecular formula is C15H16N2S. The second-order valence-corrected chi connectivity index (χ2v) is 5.34. The van der Waals surface area contributed by atoms with E-state index in [9.17, 15) is 0 Å². The second-order valence-electron chi connectivity index (χ2n) is 4.49. The van der Waals surface area contributed by atoms with Gasteiger partial charge < -0.3 is 0 Å². The van der Waals surface area contributed by atoms with Crippen molar-refractivity contribution in [2.75, 3.05) is 0 Å². The minimum absolute atomic E-state index is 0.0826. The van der Waals surface area contributed by atoms with Crippen LogP contribution in [0.15, 0.2) is 23.6 Å². The Morgan fingerprint density at radius 1 is 1.39 bits per heavy atom. The zero-order valence-electron chi connectivity index (χ0n) is 10.9. The molecule has 0 N–H and O–H groups in total. The first-order valence-corrected chi connectivity index (χ1v) is 6.96. The van der Waals surface area contributed by atoms with Crippen LogP contribution < -0.4 is 0 Å². The topological polar surface area (TPSA) is 36.7 Å². The second kappa shape index (κ2) is 5.32. The van der Waals surface area contributed by atoms with Gasteiger partial charge in [0.15, 0.2) is 0 Å². The van der Waals surface area contributed by atoms with E-state index in [1.165, 1.54) is 16.7 Å². The highest BCUT2D eigenvalue weighted by Crippen LogP contribution is 2.30. The van der Waals surface area contributed by atoms with Crippen LogP contribution in [0.2, 0.25) is 0 Å². The van der Waals surface area contributed by atoms with Crippen molar-refractivity contribution in [2.24, 2.45) is 0 Å². The summed E-state index contributed by atoms with van der Waals surface area (Å²) in [4.78, 5) is 4.61. The first-order chi connectivity index (χ1) is 8.65. The molecule has 0 aliphatic rings. The Morgan fingerprint density at radius 3 is 2.78 bits per heavy atom. The molecule has 2 aromatic rings. The third kappa shape index (κ3) is 2.44. The first-order valence-electron chi connectivity index (χ1n) is 6.08. The number of aromatic nitrogens is 1. The summed E-state index contributed by atoms with van der Waals surface area (Å²) >= 11 is 1.62. The highest BCUT2D eigenvalue weighted by Gasteiger charge is 2.14. The molecule has 1 aromatic carbocycles. The number of benzene rings is 1. The van der Waals surface area contributed by atoms with Gasteiger partial charge in [0, 0.05) is 10.9 Å². The van der Waals surface area contributed by atoms with Crippen molar-refractivity contribution in [1.82, 2.24) is 4.98 Å². The normalized spacial score (nSPS) is 12.1. The molecule has 1 unspecified atom stereocenters. The van der Waals surface area contributed by atoms with E-state index in [0.717, 1.165) is 17.1 Å². The van der Waals surface area contributed by atoms with Crippen LogP contribution in [0.25, 0.3) is 10.6 Å². The predicted molar refractivity (Wildman–Crippen MR) is 75.7 cm³/mol. The van der Waals surface area contributed by atoms with Crippen molar-refractivity contribution in [3.05, 3.63) is 40.4 Å². The average molecular weight is 256 g/mol. The largest absolute Gasteiger partial charge is 0.240 e. The molecule has 1 aromatic heterocycles. The van der Waals surface area contributed by atoms with Gasteiger partial charge >= 0.3 is 0 Å². The number of hydrogen-bond donors (Lipinski definition) is 0. The van der Waals surface area contributed by atoms with Crippen LogP contribution in [0.4, 0.5) is 0 Å². The molecule has 0 saturated carbocycles. The van der Waals surface area contributed by atoms with Gasteiger partial charge in [-0.05, 0) is 25.8 Å². The van der Waals surface area contributed by atoms with E-state index >= 15 is 0 Å². The van der Waals surface area contributed by atoms with Crippen LogP contribution in [0.5, 0.6) is 0 Å². The summed E-state index contributed by atoms with van der Waals surface area (Å²) in [6.45, 7) is 6.21. The summed E-state index contributed by atoms with van der Waals surface area (Å²) in [6, 6.07) is 8.68. The van der Waals surface area contributed by atoms with Crippen LogP contribution in [0.3, 0.4) is 0 Å². The minimum Gasteiger partial charge on any atom is -0.240 e. The SMILES string of the molecule is CCC(C#N)c1csc(-c2ccc(C)cc2C)n1. The molecule has 1 heterocycles. The molecular weight excluding hydrogens is 240 g/mol. The van der Waals surface area contributed by atoms with Gasteiger partial charge in [-0.2, -0.15) is 5.26 Å². The third-order valence-corrected chi connectivity index (χ3v) is 3.95. The maximum Gasteiger partial charge on any atom is 0.123 e. The molecule has 0 radical (unpaired) electrons. The molecule has 0 fully saturated rings. The monoisotopic (exact) mass is 256 g/mol. The first kappa shape index (κ1) is 12.8. The molecule has 0 saturated heterocycles. The number of nitriles is 1. The lowest BCUT2D eigenvalue weighted by Crippen LogP contribution is -1.94. The number of aryl methyl sites for hydroxylation is 2. The van der Waals surface area contributed by atoms with Gasteiger partial charge in [0.1, 0.15) is 5.01 Å². The fourth-order valence-electron chi connectivity index (χ4n) is 1.99. The van der Waals surface area contributed by atoms with Crippen LogP contribution in [-0.2, 0) is 0 Å². The van der Waals surface area contributed by atoms with E-state index in [1.807, 2.05) is 12.3 Å². The fourth-order valence-corrected chi connectivity index (χ4v) is 2.95.